The van der Waals surface area contributed by atoms with Gasteiger partial charge in [-0.05, 0) is 49.2 Å². The summed E-state index contributed by atoms with van der Waals surface area (Å²) in [5.74, 6) is 0.839. The van der Waals surface area contributed by atoms with E-state index >= 15 is 0 Å². The molecule has 0 aliphatic carbocycles. The Labute approximate surface area is 180 Å². The summed E-state index contributed by atoms with van der Waals surface area (Å²) in [6.45, 7) is 5.60. The summed E-state index contributed by atoms with van der Waals surface area (Å²) in [6, 6.07) is 9.30. The third-order valence-corrected chi connectivity index (χ3v) is 5.09. The monoisotopic (exact) mass is 433 g/mol. The van der Waals surface area contributed by atoms with Gasteiger partial charge in [0.05, 0.1) is 5.52 Å². The smallest absolute Gasteiger partial charge is 0.222 e. The maximum atomic E-state index is 12.7. The third kappa shape index (κ3) is 5.61. The van der Waals surface area contributed by atoms with E-state index in [1.165, 1.54) is 0 Å². The topological polar surface area (TPSA) is 65.1 Å². The van der Waals surface area contributed by atoms with Crippen LogP contribution in [0.2, 0.25) is 10.0 Å². The van der Waals surface area contributed by atoms with Crippen LogP contribution in [0.4, 0.5) is 5.95 Å². The van der Waals surface area contributed by atoms with Crippen molar-refractivity contribution in [1.82, 2.24) is 19.9 Å². The fourth-order valence-corrected chi connectivity index (χ4v) is 3.69. The largest absolute Gasteiger partial charge is 0.344 e. The van der Waals surface area contributed by atoms with E-state index in [0.717, 1.165) is 29.1 Å². The van der Waals surface area contributed by atoms with Crippen molar-refractivity contribution in [3.05, 3.63) is 51.6 Å². The molecular weight excluding hydrogens is 409 g/mol. The van der Waals surface area contributed by atoms with Crippen LogP contribution in [0.25, 0.3) is 11.2 Å². The van der Waals surface area contributed by atoms with Crippen molar-refractivity contribution in [1.29, 1.82) is 0 Å². The number of rotatable bonds is 8. The van der Waals surface area contributed by atoms with E-state index in [1.807, 2.05) is 55.0 Å². The van der Waals surface area contributed by atoms with Crippen LogP contribution in [0.15, 0.2) is 30.3 Å². The van der Waals surface area contributed by atoms with Crippen molar-refractivity contribution in [3.63, 3.8) is 0 Å². The van der Waals surface area contributed by atoms with Crippen LogP contribution in [0.1, 0.15) is 31.0 Å². The number of H-pyrrole nitrogens is 1. The van der Waals surface area contributed by atoms with Crippen LogP contribution < -0.4 is 4.90 Å². The molecule has 0 aliphatic heterocycles. The number of nitrogens with zero attached hydrogens (tertiary/aromatic N) is 4. The number of imidazole rings is 1. The first kappa shape index (κ1) is 21.4. The van der Waals surface area contributed by atoms with Gasteiger partial charge in [-0.25, -0.2) is 4.98 Å². The highest BCUT2D eigenvalue weighted by atomic mass is 35.5. The molecule has 0 bridgehead atoms. The Morgan fingerprint density at radius 1 is 1.10 bits per heavy atom. The molecule has 154 valence electrons. The minimum absolute atomic E-state index is 0.110. The molecule has 0 fully saturated rings. The Kier molecular flexibility index (Phi) is 6.98. The number of pyridine rings is 1. The molecular formula is C21H25Cl2N5O. The van der Waals surface area contributed by atoms with E-state index < -0.39 is 0 Å². The molecule has 0 unspecified atom stereocenters. The first-order chi connectivity index (χ1) is 13.9. The molecule has 6 nitrogen and oxygen atoms in total. The van der Waals surface area contributed by atoms with Gasteiger partial charge in [0.25, 0.3) is 0 Å². The number of aryl methyl sites for hydroxylation is 1. The van der Waals surface area contributed by atoms with Gasteiger partial charge in [-0.15, -0.1) is 0 Å². The van der Waals surface area contributed by atoms with E-state index in [2.05, 4.69) is 15.0 Å². The molecule has 29 heavy (non-hydrogen) atoms. The quantitative estimate of drug-likeness (QED) is 0.551. The second-order valence-corrected chi connectivity index (χ2v) is 8.02. The minimum atomic E-state index is 0.110. The van der Waals surface area contributed by atoms with Crippen LogP contribution in [-0.2, 0) is 11.3 Å². The van der Waals surface area contributed by atoms with E-state index in [-0.39, 0.29) is 5.91 Å². The summed E-state index contributed by atoms with van der Waals surface area (Å²) in [4.78, 5) is 28.8. The number of anilines is 1. The predicted molar refractivity (Wildman–Crippen MR) is 119 cm³/mol. The molecule has 0 radical (unpaired) electrons. The van der Waals surface area contributed by atoms with Crippen LogP contribution in [0.3, 0.4) is 0 Å². The normalized spacial score (nSPS) is 11.1. The zero-order chi connectivity index (χ0) is 21.0. The molecule has 0 aliphatic rings. The second kappa shape index (κ2) is 9.46. The Bertz CT molecular complexity index is 984. The lowest BCUT2D eigenvalue weighted by molar-refractivity contribution is -0.131. The van der Waals surface area contributed by atoms with E-state index in [0.29, 0.717) is 41.7 Å². The lowest BCUT2D eigenvalue weighted by atomic mass is 10.2. The van der Waals surface area contributed by atoms with Crippen LogP contribution in [0.5, 0.6) is 0 Å². The van der Waals surface area contributed by atoms with Gasteiger partial charge < -0.3 is 14.8 Å². The zero-order valence-corrected chi connectivity index (χ0v) is 18.4. The molecule has 1 N–H and O–H groups in total. The van der Waals surface area contributed by atoms with Gasteiger partial charge in [-0.2, -0.15) is 4.98 Å². The number of benzene rings is 1. The van der Waals surface area contributed by atoms with Gasteiger partial charge in [0.15, 0.2) is 5.65 Å². The molecule has 0 saturated heterocycles. The number of hydrogen-bond acceptors (Lipinski definition) is 4. The number of aromatic nitrogens is 3. The SMILES string of the molecule is CCCC(=O)N(CCN(C)c1nc2nc(C)ccc2[nH]1)Cc1cc(Cl)cc(Cl)c1. The summed E-state index contributed by atoms with van der Waals surface area (Å²) < 4.78 is 0. The van der Waals surface area contributed by atoms with Crippen LogP contribution >= 0.6 is 23.2 Å². The number of likely N-dealkylation sites (N-methyl/N-ethyl adjacent to an activating group) is 1. The number of fused-ring (bicyclic) bond motifs is 1. The average Bonchev–Trinajstić information content (AvgIpc) is 3.07. The van der Waals surface area contributed by atoms with E-state index in [1.54, 1.807) is 6.07 Å². The molecule has 0 spiro atoms. The van der Waals surface area contributed by atoms with Crippen molar-refractivity contribution < 1.29 is 4.79 Å². The van der Waals surface area contributed by atoms with Crippen molar-refractivity contribution in [2.24, 2.45) is 0 Å². The highest BCUT2D eigenvalue weighted by Gasteiger charge is 2.16. The number of aromatic amines is 1. The molecule has 3 aromatic rings. The summed E-state index contributed by atoms with van der Waals surface area (Å²) >= 11 is 12.2. The summed E-state index contributed by atoms with van der Waals surface area (Å²) in [5, 5.41) is 1.13. The molecule has 0 atom stereocenters. The average molecular weight is 434 g/mol. The number of halogens is 2. The number of amides is 1. The Morgan fingerprint density at radius 3 is 2.52 bits per heavy atom. The number of hydrogen-bond donors (Lipinski definition) is 1. The molecule has 8 heteroatoms. The Morgan fingerprint density at radius 2 is 1.83 bits per heavy atom. The van der Waals surface area contributed by atoms with Gasteiger partial charge >= 0.3 is 0 Å². The first-order valence-corrected chi connectivity index (χ1v) is 10.4. The number of nitrogens with one attached hydrogen (secondary N) is 1. The van der Waals surface area contributed by atoms with Crippen molar-refractivity contribution in [3.8, 4) is 0 Å². The number of carbonyl (C=O) groups is 1. The number of carbonyl (C=O) groups excluding carboxylic acids is 1. The molecule has 0 saturated carbocycles. The zero-order valence-electron chi connectivity index (χ0n) is 16.9. The van der Waals surface area contributed by atoms with E-state index in [4.69, 9.17) is 23.2 Å². The third-order valence-electron chi connectivity index (χ3n) is 4.65. The van der Waals surface area contributed by atoms with Gasteiger partial charge in [0.1, 0.15) is 0 Å². The minimum Gasteiger partial charge on any atom is -0.344 e. The van der Waals surface area contributed by atoms with Crippen molar-refractivity contribution in [2.45, 2.75) is 33.2 Å². The lowest BCUT2D eigenvalue weighted by Crippen LogP contribution is -2.37. The van der Waals surface area contributed by atoms with Crippen molar-refractivity contribution in [2.75, 3.05) is 25.0 Å². The highest BCUT2D eigenvalue weighted by molar-refractivity contribution is 6.34. The molecule has 1 amide bonds. The fraction of sp³-hybridized carbons (Fsp3) is 0.381. The highest BCUT2D eigenvalue weighted by Crippen LogP contribution is 2.21. The van der Waals surface area contributed by atoms with Crippen LogP contribution in [-0.4, -0.2) is 45.9 Å². The van der Waals surface area contributed by atoms with Gasteiger partial charge in [0.2, 0.25) is 11.9 Å². The second-order valence-electron chi connectivity index (χ2n) is 7.15. The predicted octanol–water partition coefficient (Wildman–Crippen LogP) is 4.84. The molecule has 1 aromatic carbocycles. The van der Waals surface area contributed by atoms with Crippen molar-refractivity contribution >= 4 is 46.2 Å². The summed E-state index contributed by atoms with van der Waals surface area (Å²) in [7, 11) is 1.95. The molecule has 2 heterocycles. The standard InChI is InChI=1S/C21H25Cl2N5O/c1-4-5-19(29)28(13-15-10-16(22)12-17(23)11-15)9-8-27(3)21-25-18-7-6-14(2)24-20(18)26-21/h6-7,10-12H,4-5,8-9,13H2,1-3H3,(H,24,25,26). The fourth-order valence-electron chi connectivity index (χ4n) is 3.12. The lowest BCUT2D eigenvalue weighted by Gasteiger charge is -2.26. The van der Waals surface area contributed by atoms with Crippen LogP contribution in [0, 0.1) is 6.92 Å². The Balaban J connectivity index is 1.71. The summed E-state index contributed by atoms with van der Waals surface area (Å²) in [6.07, 6.45) is 1.31. The van der Waals surface area contributed by atoms with E-state index in [9.17, 15) is 4.79 Å². The maximum absolute atomic E-state index is 12.7. The maximum Gasteiger partial charge on any atom is 0.222 e. The molecule has 2 aromatic heterocycles. The summed E-state index contributed by atoms with van der Waals surface area (Å²) in [5.41, 5.74) is 3.43. The van der Waals surface area contributed by atoms with Gasteiger partial charge in [0, 0.05) is 48.8 Å². The first-order valence-electron chi connectivity index (χ1n) is 9.63. The van der Waals surface area contributed by atoms with Gasteiger partial charge in [-0.3, -0.25) is 4.79 Å². The van der Waals surface area contributed by atoms with Gasteiger partial charge in [-0.1, -0.05) is 30.1 Å². The Hall–Kier alpha value is -2.31. The molecule has 3 rings (SSSR count).